The Bertz CT molecular complexity index is 1480. The van der Waals surface area contributed by atoms with Gasteiger partial charge in [-0.15, -0.1) is 0 Å². The number of likely N-dealkylation sites (tertiary alicyclic amines) is 1. The van der Waals surface area contributed by atoms with E-state index in [2.05, 4.69) is 37.1 Å². The second-order valence-corrected chi connectivity index (χ2v) is 10.4. The maximum atomic E-state index is 15.0. The highest BCUT2D eigenvalue weighted by molar-refractivity contribution is 5.83. The van der Waals surface area contributed by atoms with Gasteiger partial charge < -0.3 is 25.0 Å². The van der Waals surface area contributed by atoms with Crippen LogP contribution in [0.5, 0.6) is 0 Å². The molecule has 39 heavy (non-hydrogen) atoms. The molecule has 1 atom stereocenters. The summed E-state index contributed by atoms with van der Waals surface area (Å²) < 4.78 is 31.7. The summed E-state index contributed by atoms with van der Waals surface area (Å²) >= 11 is 0. The third-order valence-corrected chi connectivity index (χ3v) is 7.48. The van der Waals surface area contributed by atoms with E-state index >= 15 is 0 Å². The van der Waals surface area contributed by atoms with Crippen molar-refractivity contribution in [2.75, 3.05) is 25.0 Å². The average Bonchev–Trinajstić information content (AvgIpc) is 3.27. The van der Waals surface area contributed by atoms with E-state index < -0.39 is 23.3 Å². The standard InChI is InChI=1S/C28H33F2N7O2/c1-5-36-10-8-28(39,9-11-36)26(38)18-6-7-23(31-14-18)34-27-32-15-21(30)24(35-27)19-12-20(29)25-22(13-19)37(16(2)3)17(4)33-25/h6-7,12-16,26,38-39H,5,8-11H2,1-4H3,(H,31,32,34,35)/t26-/m1/s1. The number of hydrogen-bond acceptors (Lipinski definition) is 8. The molecule has 5 rings (SSSR count). The van der Waals surface area contributed by atoms with E-state index in [9.17, 15) is 19.0 Å². The maximum absolute atomic E-state index is 15.0. The predicted molar refractivity (Wildman–Crippen MR) is 145 cm³/mol. The van der Waals surface area contributed by atoms with Crippen LogP contribution in [-0.4, -0.2) is 64.9 Å². The number of piperidine rings is 1. The van der Waals surface area contributed by atoms with Crippen molar-refractivity contribution in [1.29, 1.82) is 0 Å². The molecule has 1 saturated heterocycles. The van der Waals surface area contributed by atoms with Gasteiger partial charge in [-0.3, -0.25) is 0 Å². The molecule has 3 aromatic heterocycles. The number of rotatable bonds is 7. The van der Waals surface area contributed by atoms with Crippen molar-refractivity contribution < 1.29 is 19.0 Å². The van der Waals surface area contributed by atoms with Crippen LogP contribution >= 0.6 is 0 Å². The van der Waals surface area contributed by atoms with Crippen LogP contribution in [0.25, 0.3) is 22.3 Å². The molecule has 4 heterocycles. The summed E-state index contributed by atoms with van der Waals surface area (Å²) in [6.45, 7) is 10.2. The smallest absolute Gasteiger partial charge is 0.229 e. The lowest BCUT2D eigenvalue weighted by atomic mass is 9.83. The van der Waals surface area contributed by atoms with Gasteiger partial charge in [-0.05, 0) is 58.4 Å². The quantitative estimate of drug-likeness (QED) is 0.312. The van der Waals surface area contributed by atoms with Crippen LogP contribution in [-0.2, 0) is 0 Å². The van der Waals surface area contributed by atoms with Crippen molar-refractivity contribution in [2.24, 2.45) is 0 Å². The Hall–Kier alpha value is -3.54. The van der Waals surface area contributed by atoms with Gasteiger partial charge in [-0.1, -0.05) is 13.0 Å². The first-order valence-electron chi connectivity index (χ1n) is 13.2. The lowest BCUT2D eigenvalue weighted by Gasteiger charge is -2.40. The molecule has 0 saturated carbocycles. The Morgan fingerprint density at radius 1 is 1.05 bits per heavy atom. The molecule has 0 unspecified atom stereocenters. The minimum Gasteiger partial charge on any atom is -0.387 e. The van der Waals surface area contributed by atoms with Crippen LogP contribution < -0.4 is 5.32 Å². The van der Waals surface area contributed by atoms with Gasteiger partial charge in [0, 0.05) is 36.5 Å². The van der Waals surface area contributed by atoms with Gasteiger partial charge in [0.15, 0.2) is 11.6 Å². The molecule has 0 radical (unpaired) electrons. The Morgan fingerprint density at radius 3 is 2.44 bits per heavy atom. The Labute approximate surface area is 225 Å². The molecule has 9 nitrogen and oxygen atoms in total. The van der Waals surface area contributed by atoms with Crippen molar-refractivity contribution in [1.82, 2.24) is 29.4 Å². The first-order chi connectivity index (χ1) is 18.6. The molecule has 1 fully saturated rings. The van der Waals surface area contributed by atoms with Crippen molar-refractivity contribution in [3.8, 4) is 11.3 Å². The number of aromatic nitrogens is 5. The molecule has 1 aliphatic rings. The summed E-state index contributed by atoms with van der Waals surface area (Å²) in [4.78, 5) is 19.2. The van der Waals surface area contributed by atoms with Crippen LogP contribution in [0.4, 0.5) is 20.5 Å². The molecule has 0 amide bonds. The lowest BCUT2D eigenvalue weighted by Crippen LogP contribution is -2.47. The van der Waals surface area contributed by atoms with Gasteiger partial charge in [0.1, 0.15) is 29.0 Å². The molecule has 1 aliphatic heterocycles. The monoisotopic (exact) mass is 537 g/mol. The molecule has 0 aliphatic carbocycles. The zero-order valence-electron chi connectivity index (χ0n) is 22.5. The zero-order chi connectivity index (χ0) is 27.9. The molecule has 11 heteroatoms. The zero-order valence-corrected chi connectivity index (χ0v) is 22.5. The van der Waals surface area contributed by atoms with Crippen LogP contribution in [0.15, 0.2) is 36.7 Å². The SMILES string of the molecule is CCN1CCC(O)([C@H](O)c2ccc(Nc3ncc(F)c(-c4cc(F)c5nc(C)n(C(C)C)c5c4)n3)nc2)CC1. The summed E-state index contributed by atoms with van der Waals surface area (Å²) in [6, 6.07) is 6.24. The first-order valence-corrected chi connectivity index (χ1v) is 13.2. The van der Waals surface area contributed by atoms with Gasteiger partial charge in [0.05, 0.1) is 17.3 Å². The van der Waals surface area contributed by atoms with Gasteiger partial charge in [0.25, 0.3) is 0 Å². The topological polar surface area (TPSA) is 112 Å². The number of nitrogens with zero attached hydrogens (tertiary/aromatic N) is 6. The Balaban J connectivity index is 1.38. The van der Waals surface area contributed by atoms with Gasteiger partial charge >= 0.3 is 0 Å². The number of fused-ring (bicyclic) bond motifs is 1. The number of aliphatic hydroxyl groups excluding tert-OH is 1. The number of anilines is 2. The Kier molecular flexibility index (Phi) is 7.32. The van der Waals surface area contributed by atoms with E-state index in [1.165, 1.54) is 12.3 Å². The fourth-order valence-electron chi connectivity index (χ4n) is 5.28. The predicted octanol–water partition coefficient (Wildman–Crippen LogP) is 4.68. The average molecular weight is 538 g/mol. The Morgan fingerprint density at radius 2 is 1.79 bits per heavy atom. The number of halogens is 2. The van der Waals surface area contributed by atoms with Crippen molar-refractivity contribution in [3.05, 3.63) is 59.7 Å². The van der Waals surface area contributed by atoms with E-state index in [-0.39, 0.29) is 28.8 Å². The highest BCUT2D eigenvalue weighted by atomic mass is 19.1. The van der Waals surface area contributed by atoms with Gasteiger partial charge in [-0.25, -0.2) is 28.7 Å². The van der Waals surface area contributed by atoms with E-state index in [1.807, 2.05) is 18.4 Å². The fraction of sp³-hybridized carbons (Fsp3) is 0.429. The summed E-state index contributed by atoms with van der Waals surface area (Å²) in [5, 5.41) is 24.8. The fourth-order valence-corrected chi connectivity index (χ4v) is 5.28. The third kappa shape index (κ3) is 5.21. The minimum absolute atomic E-state index is 0.0366. The van der Waals surface area contributed by atoms with Crippen LogP contribution in [0, 0.1) is 18.6 Å². The van der Waals surface area contributed by atoms with Crippen molar-refractivity contribution in [3.63, 3.8) is 0 Å². The number of aryl methyl sites for hydroxylation is 1. The number of pyridine rings is 1. The summed E-state index contributed by atoms with van der Waals surface area (Å²) in [5.41, 5.74) is 0.271. The minimum atomic E-state index is -1.21. The maximum Gasteiger partial charge on any atom is 0.229 e. The van der Waals surface area contributed by atoms with Crippen LogP contribution in [0.1, 0.15) is 57.1 Å². The summed E-state index contributed by atoms with van der Waals surface area (Å²) in [6.07, 6.45) is 2.38. The normalized spacial score (nSPS) is 16.6. The van der Waals surface area contributed by atoms with Crippen molar-refractivity contribution >= 4 is 22.8 Å². The molecule has 0 spiro atoms. The number of nitrogens with one attached hydrogen (secondary N) is 1. The van der Waals surface area contributed by atoms with E-state index in [0.29, 0.717) is 35.6 Å². The van der Waals surface area contributed by atoms with E-state index in [4.69, 9.17) is 0 Å². The molecular formula is C28H33F2N7O2. The number of benzene rings is 1. The highest BCUT2D eigenvalue weighted by Gasteiger charge is 2.39. The number of imidazole rings is 1. The largest absolute Gasteiger partial charge is 0.387 e. The second kappa shape index (κ2) is 10.6. The second-order valence-electron chi connectivity index (χ2n) is 10.4. The van der Waals surface area contributed by atoms with E-state index in [0.717, 1.165) is 25.8 Å². The third-order valence-electron chi connectivity index (χ3n) is 7.48. The molecular weight excluding hydrogens is 504 g/mol. The molecule has 206 valence electrons. The number of aliphatic hydroxyl groups is 2. The van der Waals surface area contributed by atoms with Crippen molar-refractivity contribution in [2.45, 2.75) is 58.3 Å². The van der Waals surface area contributed by atoms with Gasteiger partial charge in [0.2, 0.25) is 5.95 Å². The number of hydrogen-bond donors (Lipinski definition) is 3. The first kappa shape index (κ1) is 27.0. The molecule has 4 aromatic rings. The molecule has 0 bridgehead atoms. The van der Waals surface area contributed by atoms with Crippen LogP contribution in [0.3, 0.4) is 0 Å². The molecule has 1 aromatic carbocycles. The summed E-state index contributed by atoms with van der Waals surface area (Å²) in [5.74, 6) is -0.145. The molecule has 3 N–H and O–H groups in total. The highest BCUT2D eigenvalue weighted by Crippen LogP contribution is 2.35. The summed E-state index contributed by atoms with van der Waals surface area (Å²) in [7, 11) is 0. The van der Waals surface area contributed by atoms with Crippen LogP contribution in [0.2, 0.25) is 0 Å². The van der Waals surface area contributed by atoms with Gasteiger partial charge in [-0.2, -0.15) is 0 Å². The van der Waals surface area contributed by atoms with E-state index in [1.54, 1.807) is 25.1 Å². The lowest BCUT2D eigenvalue weighted by molar-refractivity contribution is -0.110.